The van der Waals surface area contributed by atoms with Gasteiger partial charge >= 0.3 is 12.3 Å². The van der Waals surface area contributed by atoms with Crippen molar-refractivity contribution in [3.63, 3.8) is 0 Å². The van der Waals surface area contributed by atoms with Crippen molar-refractivity contribution in [1.82, 2.24) is 20.1 Å². The summed E-state index contributed by atoms with van der Waals surface area (Å²) < 4.78 is 42.8. The van der Waals surface area contributed by atoms with Gasteiger partial charge in [0.25, 0.3) is 0 Å². The molecule has 0 unspecified atom stereocenters. The molecule has 2 heterocycles. The molecule has 0 saturated carbocycles. The Morgan fingerprint density at radius 3 is 2.50 bits per heavy atom. The monoisotopic (exact) mass is 393 g/mol. The SMILES string of the molecule is CCNC(=NCc1nc(C(F)(F)F)cs1)N1CCN(C(=O)OCC)CC1. The molecule has 0 atom stereocenters. The van der Waals surface area contributed by atoms with Crippen molar-refractivity contribution in [3.8, 4) is 0 Å². The first-order valence-corrected chi connectivity index (χ1v) is 9.19. The number of nitrogens with zero attached hydrogens (tertiary/aromatic N) is 4. The number of aromatic nitrogens is 1. The zero-order chi connectivity index (χ0) is 19.2. The molecular formula is C15H22F3N5O2S. The molecule has 0 aliphatic carbocycles. The van der Waals surface area contributed by atoms with Gasteiger partial charge in [-0.1, -0.05) is 0 Å². The molecule has 1 aromatic heterocycles. The fraction of sp³-hybridized carbons (Fsp3) is 0.667. The molecule has 11 heteroatoms. The summed E-state index contributed by atoms with van der Waals surface area (Å²) in [5.41, 5.74) is -0.888. The molecule has 0 aromatic carbocycles. The molecule has 1 fully saturated rings. The van der Waals surface area contributed by atoms with Crippen LogP contribution in [0.15, 0.2) is 10.4 Å². The van der Waals surface area contributed by atoms with E-state index in [4.69, 9.17) is 4.74 Å². The molecule has 0 radical (unpaired) electrons. The van der Waals surface area contributed by atoms with Crippen LogP contribution in [0.1, 0.15) is 24.5 Å². The van der Waals surface area contributed by atoms with Gasteiger partial charge in [-0.15, -0.1) is 11.3 Å². The van der Waals surface area contributed by atoms with Gasteiger partial charge in [0.1, 0.15) is 5.01 Å². The number of hydrogen-bond donors (Lipinski definition) is 1. The molecule has 146 valence electrons. The van der Waals surface area contributed by atoms with Gasteiger partial charge in [0.15, 0.2) is 11.7 Å². The van der Waals surface area contributed by atoms with Crippen LogP contribution in [0.4, 0.5) is 18.0 Å². The minimum atomic E-state index is -4.44. The Kier molecular flexibility index (Phi) is 7.06. The maximum Gasteiger partial charge on any atom is 0.434 e. The number of alkyl halides is 3. The first kappa shape index (κ1) is 20.3. The number of piperazine rings is 1. The highest BCUT2D eigenvalue weighted by Gasteiger charge is 2.33. The van der Waals surface area contributed by atoms with Gasteiger partial charge in [-0.3, -0.25) is 0 Å². The number of amides is 1. The third-order valence-electron chi connectivity index (χ3n) is 3.65. The van der Waals surface area contributed by atoms with Gasteiger partial charge in [0.05, 0.1) is 13.2 Å². The number of guanidine groups is 1. The Hall–Kier alpha value is -2.04. The lowest BCUT2D eigenvalue weighted by Crippen LogP contribution is -2.53. The summed E-state index contributed by atoms with van der Waals surface area (Å²) in [6.07, 6.45) is -4.77. The van der Waals surface area contributed by atoms with Crippen LogP contribution in [0.25, 0.3) is 0 Å². The maximum atomic E-state index is 12.6. The van der Waals surface area contributed by atoms with Gasteiger partial charge < -0.3 is 19.9 Å². The van der Waals surface area contributed by atoms with Gasteiger partial charge in [-0.05, 0) is 13.8 Å². The summed E-state index contributed by atoms with van der Waals surface area (Å²) in [5, 5.41) is 4.42. The van der Waals surface area contributed by atoms with Crippen LogP contribution in [-0.4, -0.2) is 66.2 Å². The Labute approximate surface area is 153 Å². The van der Waals surface area contributed by atoms with Crippen LogP contribution in [0, 0.1) is 0 Å². The van der Waals surface area contributed by atoms with Crippen LogP contribution < -0.4 is 5.32 Å². The molecule has 0 bridgehead atoms. The van der Waals surface area contributed by atoms with Gasteiger partial charge in [-0.2, -0.15) is 13.2 Å². The number of thiazole rings is 1. The Bertz CT molecular complexity index is 627. The minimum Gasteiger partial charge on any atom is -0.450 e. The third-order valence-corrected chi connectivity index (χ3v) is 4.48. The lowest BCUT2D eigenvalue weighted by atomic mass is 10.3. The first-order valence-electron chi connectivity index (χ1n) is 8.31. The molecule has 2 rings (SSSR count). The van der Waals surface area contributed by atoms with E-state index in [1.807, 2.05) is 11.8 Å². The van der Waals surface area contributed by atoms with Crippen LogP contribution in [0.2, 0.25) is 0 Å². The molecule has 1 aliphatic rings. The maximum absolute atomic E-state index is 12.6. The van der Waals surface area contributed by atoms with Gasteiger partial charge in [0.2, 0.25) is 0 Å². The van der Waals surface area contributed by atoms with Crippen molar-refractivity contribution < 1.29 is 22.7 Å². The van der Waals surface area contributed by atoms with E-state index in [0.717, 1.165) is 16.7 Å². The topological polar surface area (TPSA) is 70.1 Å². The number of aliphatic imine (C=N–C) groups is 1. The normalized spacial score (nSPS) is 16.0. The zero-order valence-electron chi connectivity index (χ0n) is 14.7. The number of halogens is 3. The lowest BCUT2D eigenvalue weighted by Gasteiger charge is -2.35. The van der Waals surface area contributed by atoms with E-state index in [9.17, 15) is 18.0 Å². The van der Waals surface area contributed by atoms with E-state index in [-0.39, 0.29) is 12.6 Å². The molecular weight excluding hydrogens is 371 g/mol. The number of hydrogen-bond acceptors (Lipinski definition) is 5. The number of carbonyl (C=O) groups is 1. The number of carbonyl (C=O) groups excluding carboxylic acids is 1. The highest BCUT2D eigenvalue weighted by molar-refractivity contribution is 7.09. The number of ether oxygens (including phenoxy) is 1. The molecule has 1 aliphatic heterocycles. The summed E-state index contributed by atoms with van der Waals surface area (Å²) in [7, 11) is 0. The number of nitrogens with one attached hydrogen (secondary N) is 1. The third kappa shape index (κ3) is 5.48. The Morgan fingerprint density at radius 2 is 1.96 bits per heavy atom. The quantitative estimate of drug-likeness (QED) is 0.628. The standard InChI is InChI=1S/C15H22F3N5O2S/c1-3-19-13(20-9-12-21-11(10-26-12)15(16,17)18)22-5-7-23(8-6-22)14(24)25-4-2/h10H,3-9H2,1-2H3,(H,19,20). The molecule has 0 spiro atoms. The summed E-state index contributed by atoms with van der Waals surface area (Å²) in [6.45, 7) is 6.83. The smallest absolute Gasteiger partial charge is 0.434 e. The fourth-order valence-corrected chi connectivity index (χ4v) is 3.12. The van der Waals surface area contributed by atoms with E-state index in [2.05, 4.69) is 15.3 Å². The van der Waals surface area contributed by atoms with Crippen molar-refractivity contribution in [2.45, 2.75) is 26.6 Å². The predicted molar refractivity (Wildman–Crippen MR) is 92.1 cm³/mol. The van der Waals surface area contributed by atoms with E-state index in [1.54, 1.807) is 11.8 Å². The van der Waals surface area contributed by atoms with Crippen molar-refractivity contribution in [3.05, 3.63) is 16.1 Å². The predicted octanol–water partition coefficient (Wildman–Crippen LogP) is 2.40. The molecule has 7 nitrogen and oxygen atoms in total. The molecule has 1 amide bonds. The summed E-state index contributed by atoms with van der Waals surface area (Å²) in [5.74, 6) is 0.597. The summed E-state index contributed by atoms with van der Waals surface area (Å²) in [4.78, 5) is 23.3. The molecule has 1 aromatic rings. The van der Waals surface area contributed by atoms with Crippen LogP contribution in [0.3, 0.4) is 0 Å². The van der Waals surface area contributed by atoms with Crippen molar-refractivity contribution in [2.24, 2.45) is 4.99 Å². The highest BCUT2D eigenvalue weighted by atomic mass is 32.1. The molecule has 1 saturated heterocycles. The average molecular weight is 393 g/mol. The summed E-state index contributed by atoms with van der Waals surface area (Å²) in [6, 6.07) is 0. The van der Waals surface area contributed by atoms with E-state index < -0.39 is 11.9 Å². The van der Waals surface area contributed by atoms with Crippen LogP contribution in [0.5, 0.6) is 0 Å². The number of rotatable bonds is 4. The van der Waals surface area contributed by atoms with Crippen molar-refractivity contribution in [2.75, 3.05) is 39.3 Å². The van der Waals surface area contributed by atoms with Gasteiger partial charge in [0, 0.05) is 38.1 Å². The van der Waals surface area contributed by atoms with Crippen LogP contribution >= 0.6 is 11.3 Å². The largest absolute Gasteiger partial charge is 0.450 e. The highest BCUT2D eigenvalue weighted by Crippen LogP contribution is 2.30. The lowest BCUT2D eigenvalue weighted by molar-refractivity contribution is -0.140. The molecule has 26 heavy (non-hydrogen) atoms. The second-order valence-electron chi connectivity index (χ2n) is 5.47. The van der Waals surface area contributed by atoms with Gasteiger partial charge in [-0.25, -0.2) is 14.8 Å². The first-order chi connectivity index (χ1) is 12.3. The Morgan fingerprint density at radius 1 is 1.31 bits per heavy atom. The van der Waals surface area contributed by atoms with E-state index >= 15 is 0 Å². The van der Waals surface area contributed by atoms with Crippen LogP contribution in [-0.2, 0) is 17.5 Å². The van der Waals surface area contributed by atoms with E-state index in [0.29, 0.717) is 50.3 Å². The second kappa shape index (κ2) is 9.06. The fourth-order valence-electron chi connectivity index (χ4n) is 2.40. The summed E-state index contributed by atoms with van der Waals surface area (Å²) >= 11 is 0.939. The Balaban J connectivity index is 1.97. The van der Waals surface area contributed by atoms with Crippen molar-refractivity contribution >= 4 is 23.4 Å². The minimum absolute atomic E-state index is 0.0706. The van der Waals surface area contributed by atoms with E-state index in [1.165, 1.54) is 0 Å². The average Bonchev–Trinajstić information content (AvgIpc) is 3.08. The second-order valence-corrected chi connectivity index (χ2v) is 6.41. The van der Waals surface area contributed by atoms with Crippen molar-refractivity contribution in [1.29, 1.82) is 0 Å². The molecule has 1 N–H and O–H groups in total. The zero-order valence-corrected chi connectivity index (χ0v) is 15.5.